The maximum absolute atomic E-state index is 12.6. The number of carbonyl (C=O) groups is 1. The van der Waals surface area contributed by atoms with Crippen LogP contribution in [-0.4, -0.2) is 45.4 Å². The summed E-state index contributed by atoms with van der Waals surface area (Å²) in [5, 5.41) is 7.56. The third-order valence-corrected chi connectivity index (χ3v) is 3.40. The Hall–Kier alpha value is -2.22. The van der Waals surface area contributed by atoms with Gasteiger partial charge in [0, 0.05) is 12.6 Å². The minimum atomic E-state index is -0.426. The molecular formula is C13H16N4O4. The molecule has 2 aromatic heterocycles. The molecule has 21 heavy (non-hydrogen) atoms. The second-order valence-electron chi connectivity index (χ2n) is 5.02. The highest BCUT2D eigenvalue weighted by molar-refractivity contribution is 5.92. The van der Waals surface area contributed by atoms with Gasteiger partial charge in [0.05, 0.1) is 12.7 Å². The first-order valence-electron chi connectivity index (χ1n) is 6.72. The van der Waals surface area contributed by atoms with E-state index in [1.807, 2.05) is 6.92 Å². The van der Waals surface area contributed by atoms with Crippen LogP contribution in [0.25, 0.3) is 0 Å². The molecule has 1 aliphatic rings. The Morgan fingerprint density at radius 3 is 2.76 bits per heavy atom. The van der Waals surface area contributed by atoms with Crippen molar-refractivity contribution >= 4 is 5.91 Å². The summed E-state index contributed by atoms with van der Waals surface area (Å²) in [6.45, 7) is 6.23. The van der Waals surface area contributed by atoms with Crippen molar-refractivity contribution < 1.29 is 18.6 Å². The van der Waals surface area contributed by atoms with Gasteiger partial charge in [-0.05, 0) is 20.8 Å². The molecule has 112 valence electrons. The van der Waals surface area contributed by atoms with E-state index in [0.717, 1.165) is 0 Å². The Balaban J connectivity index is 1.92. The lowest BCUT2D eigenvalue weighted by Gasteiger charge is -2.37. The third-order valence-electron chi connectivity index (χ3n) is 3.40. The maximum Gasteiger partial charge on any atom is 0.276 e. The molecule has 0 N–H and O–H groups in total. The van der Waals surface area contributed by atoms with Crippen LogP contribution < -0.4 is 0 Å². The van der Waals surface area contributed by atoms with Gasteiger partial charge in [0.2, 0.25) is 0 Å². The normalized spacial score (nSPS) is 22.5. The first-order valence-corrected chi connectivity index (χ1v) is 6.72. The number of nitrogens with zero attached hydrogens (tertiary/aromatic N) is 4. The molecule has 1 aliphatic heterocycles. The largest absolute Gasteiger partial charge is 0.374 e. The van der Waals surface area contributed by atoms with Gasteiger partial charge in [-0.25, -0.2) is 0 Å². The number of hydrogen-bond donors (Lipinski definition) is 0. The van der Waals surface area contributed by atoms with Gasteiger partial charge in [-0.15, -0.1) is 0 Å². The van der Waals surface area contributed by atoms with Crippen LogP contribution in [0.1, 0.15) is 40.9 Å². The van der Waals surface area contributed by atoms with Gasteiger partial charge in [0.1, 0.15) is 11.8 Å². The summed E-state index contributed by atoms with van der Waals surface area (Å²) in [7, 11) is 0. The molecule has 1 saturated heterocycles. The zero-order valence-corrected chi connectivity index (χ0v) is 12.1. The average Bonchev–Trinajstić information content (AvgIpc) is 3.06. The monoisotopic (exact) mass is 292 g/mol. The molecule has 0 radical (unpaired) electrons. The van der Waals surface area contributed by atoms with Gasteiger partial charge >= 0.3 is 0 Å². The maximum atomic E-state index is 12.6. The average molecular weight is 292 g/mol. The number of aromatic nitrogens is 3. The molecule has 0 aliphatic carbocycles. The first-order chi connectivity index (χ1) is 10.1. The number of ether oxygens (including phenoxy) is 1. The van der Waals surface area contributed by atoms with E-state index in [1.54, 1.807) is 24.8 Å². The fraction of sp³-hybridized carbons (Fsp3) is 0.538. The van der Waals surface area contributed by atoms with Crippen molar-refractivity contribution in [3.8, 4) is 0 Å². The Bertz CT molecular complexity index is 650. The van der Waals surface area contributed by atoms with Crippen LogP contribution >= 0.6 is 0 Å². The number of carbonyl (C=O) groups excluding carboxylic acids is 1. The molecule has 0 saturated carbocycles. The minimum Gasteiger partial charge on any atom is -0.374 e. The van der Waals surface area contributed by atoms with Gasteiger partial charge in [0.15, 0.2) is 11.5 Å². The summed E-state index contributed by atoms with van der Waals surface area (Å²) in [4.78, 5) is 18.5. The fourth-order valence-corrected chi connectivity index (χ4v) is 2.43. The highest BCUT2D eigenvalue weighted by Crippen LogP contribution is 2.29. The van der Waals surface area contributed by atoms with E-state index in [-0.39, 0.29) is 17.7 Å². The summed E-state index contributed by atoms with van der Waals surface area (Å²) in [5.41, 5.74) is 0.267. The highest BCUT2D eigenvalue weighted by Gasteiger charge is 2.38. The Morgan fingerprint density at radius 1 is 1.33 bits per heavy atom. The summed E-state index contributed by atoms with van der Waals surface area (Å²) in [6, 6.07) is 1.18. The van der Waals surface area contributed by atoms with Gasteiger partial charge in [-0.1, -0.05) is 10.3 Å². The minimum absolute atomic E-state index is 0.233. The number of morpholine rings is 1. The molecule has 8 nitrogen and oxygen atoms in total. The van der Waals surface area contributed by atoms with Gasteiger partial charge in [0.25, 0.3) is 11.8 Å². The fourth-order valence-electron chi connectivity index (χ4n) is 2.43. The predicted octanol–water partition coefficient (Wildman–Crippen LogP) is 1.28. The third kappa shape index (κ3) is 2.54. The summed E-state index contributed by atoms with van der Waals surface area (Å²) in [5.74, 6) is 1.24. The molecule has 3 rings (SSSR count). The number of amides is 1. The summed E-state index contributed by atoms with van der Waals surface area (Å²) >= 11 is 0. The second-order valence-corrected chi connectivity index (χ2v) is 5.02. The molecule has 0 aromatic carbocycles. The quantitative estimate of drug-likeness (QED) is 0.822. The van der Waals surface area contributed by atoms with E-state index >= 15 is 0 Å². The van der Waals surface area contributed by atoms with Crippen molar-refractivity contribution in [3.05, 3.63) is 29.2 Å². The highest BCUT2D eigenvalue weighted by atomic mass is 16.5. The molecule has 8 heteroatoms. The number of rotatable bonds is 2. The zero-order valence-electron chi connectivity index (χ0n) is 12.1. The molecule has 2 atom stereocenters. The predicted molar refractivity (Wildman–Crippen MR) is 69.5 cm³/mol. The topological polar surface area (TPSA) is 94.5 Å². The van der Waals surface area contributed by atoms with Crippen LogP contribution in [0.5, 0.6) is 0 Å². The molecular weight excluding hydrogens is 276 g/mol. The molecule has 1 fully saturated rings. The molecule has 2 aromatic rings. The first kappa shape index (κ1) is 13.7. The van der Waals surface area contributed by atoms with Crippen LogP contribution in [-0.2, 0) is 4.74 Å². The van der Waals surface area contributed by atoms with Crippen molar-refractivity contribution in [1.82, 2.24) is 20.2 Å². The molecule has 0 bridgehead atoms. The Kier molecular flexibility index (Phi) is 3.46. The molecule has 3 heterocycles. The SMILES string of the molecule is Cc1noc([C@@H]2[C@@H](C)OCCN2C(=O)c2cc(C)on2)n1. The van der Waals surface area contributed by atoms with Crippen LogP contribution in [0, 0.1) is 13.8 Å². The van der Waals surface area contributed by atoms with E-state index in [9.17, 15) is 4.79 Å². The van der Waals surface area contributed by atoms with Crippen molar-refractivity contribution in [2.45, 2.75) is 32.9 Å². The van der Waals surface area contributed by atoms with Gasteiger partial charge in [-0.2, -0.15) is 4.98 Å². The zero-order chi connectivity index (χ0) is 15.0. The lowest BCUT2D eigenvalue weighted by Crippen LogP contribution is -2.47. The molecule has 0 spiro atoms. The van der Waals surface area contributed by atoms with E-state index in [4.69, 9.17) is 13.8 Å². The molecule has 1 amide bonds. The number of aryl methyl sites for hydroxylation is 2. The van der Waals surface area contributed by atoms with E-state index < -0.39 is 6.04 Å². The van der Waals surface area contributed by atoms with Crippen LogP contribution in [0.2, 0.25) is 0 Å². The van der Waals surface area contributed by atoms with Gasteiger partial charge in [-0.3, -0.25) is 4.79 Å². The summed E-state index contributed by atoms with van der Waals surface area (Å²) < 4.78 is 15.8. The standard InChI is InChI=1S/C13H16N4O4/c1-7-6-10(16-20-7)13(18)17-4-5-19-8(2)11(17)12-14-9(3)15-21-12/h6,8,11H,4-5H2,1-3H3/t8-,11+/m1/s1. The lowest BCUT2D eigenvalue weighted by molar-refractivity contribution is -0.0603. The van der Waals surface area contributed by atoms with Crippen molar-refractivity contribution in [1.29, 1.82) is 0 Å². The van der Waals surface area contributed by atoms with Crippen LogP contribution in [0.4, 0.5) is 0 Å². The summed E-state index contributed by atoms with van der Waals surface area (Å²) in [6.07, 6.45) is -0.240. The Morgan fingerprint density at radius 2 is 2.14 bits per heavy atom. The lowest BCUT2D eigenvalue weighted by atomic mass is 10.1. The smallest absolute Gasteiger partial charge is 0.276 e. The van der Waals surface area contributed by atoms with Crippen LogP contribution in [0.15, 0.2) is 15.1 Å². The Labute approximate surface area is 121 Å². The number of hydrogen-bond acceptors (Lipinski definition) is 7. The molecule has 0 unspecified atom stereocenters. The second kappa shape index (κ2) is 5.28. The van der Waals surface area contributed by atoms with Crippen molar-refractivity contribution in [3.63, 3.8) is 0 Å². The van der Waals surface area contributed by atoms with Crippen molar-refractivity contribution in [2.24, 2.45) is 0 Å². The van der Waals surface area contributed by atoms with Crippen LogP contribution in [0.3, 0.4) is 0 Å². The van der Waals surface area contributed by atoms with E-state index in [2.05, 4.69) is 15.3 Å². The van der Waals surface area contributed by atoms with Crippen molar-refractivity contribution in [2.75, 3.05) is 13.2 Å². The van der Waals surface area contributed by atoms with E-state index in [0.29, 0.717) is 30.6 Å². The van der Waals surface area contributed by atoms with E-state index in [1.165, 1.54) is 0 Å². The van der Waals surface area contributed by atoms with Gasteiger partial charge < -0.3 is 18.7 Å².